The summed E-state index contributed by atoms with van der Waals surface area (Å²) in [6.45, 7) is 7.45. The highest BCUT2D eigenvalue weighted by molar-refractivity contribution is 6.06. The lowest BCUT2D eigenvalue weighted by molar-refractivity contribution is 0.0183. The van der Waals surface area contributed by atoms with Gasteiger partial charge in [0.15, 0.2) is 0 Å². The van der Waals surface area contributed by atoms with Crippen molar-refractivity contribution in [3.05, 3.63) is 41.3 Å². The molecule has 3 amide bonds. The van der Waals surface area contributed by atoms with Crippen molar-refractivity contribution >= 4 is 29.6 Å². The van der Waals surface area contributed by atoms with Crippen LogP contribution in [-0.2, 0) is 11.3 Å². The van der Waals surface area contributed by atoms with Crippen molar-refractivity contribution in [1.82, 2.24) is 14.9 Å². The lowest BCUT2D eigenvalue weighted by Gasteiger charge is -2.43. The van der Waals surface area contributed by atoms with Crippen molar-refractivity contribution in [3.63, 3.8) is 0 Å². The molecule has 188 valence electrons. The van der Waals surface area contributed by atoms with Crippen molar-refractivity contribution in [2.24, 2.45) is 0 Å². The number of fused-ring (bicyclic) bond motifs is 1. The number of aryl methyl sites for hydroxylation is 1. The fraction of sp³-hybridized carbons (Fsp3) is 0.520. The van der Waals surface area contributed by atoms with E-state index >= 15 is 0 Å². The summed E-state index contributed by atoms with van der Waals surface area (Å²) in [5.41, 5.74) is 6.92. The first-order valence-electron chi connectivity index (χ1n) is 11.9. The average molecular weight is 485 g/mol. The number of nitrogens with zero attached hydrogens (tertiary/aromatic N) is 5. The van der Waals surface area contributed by atoms with E-state index in [9.17, 15) is 14.0 Å². The zero-order valence-corrected chi connectivity index (χ0v) is 20.9. The summed E-state index contributed by atoms with van der Waals surface area (Å²) in [5.74, 6) is 0.0907. The second-order valence-electron chi connectivity index (χ2n) is 10.3. The molecule has 35 heavy (non-hydrogen) atoms. The highest BCUT2D eigenvalue weighted by atomic mass is 19.1. The molecular formula is C25H33FN6O3. The molecule has 0 unspecified atom stereocenters. The van der Waals surface area contributed by atoms with E-state index < -0.39 is 11.4 Å². The van der Waals surface area contributed by atoms with E-state index in [0.717, 1.165) is 0 Å². The SMILES string of the molecule is Cc1cccc(F)c1N1Cc2cnc(N)nc2N(C2CCC(N(C)C(=O)OC(C)(C)C)CC2)C1=O. The van der Waals surface area contributed by atoms with Crippen molar-refractivity contribution in [1.29, 1.82) is 0 Å². The summed E-state index contributed by atoms with van der Waals surface area (Å²) in [6.07, 6.45) is 3.93. The van der Waals surface area contributed by atoms with Gasteiger partial charge in [-0.1, -0.05) is 12.1 Å². The number of carbonyl (C=O) groups is 2. The number of halogens is 1. The Labute approximate surface area is 205 Å². The Morgan fingerprint density at radius 3 is 2.54 bits per heavy atom. The molecule has 0 saturated heterocycles. The van der Waals surface area contributed by atoms with Gasteiger partial charge >= 0.3 is 12.1 Å². The Balaban J connectivity index is 1.59. The van der Waals surface area contributed by atoms with Gasteiger partial charge in [-0.15, -0.1) is 0 Å². The highest BCUT2D eigenvalue weighted by Gasteiger charge is 2.41. The molecule has 2 aromatic rings. The number of carbonyl (C=O) groups excluding carboxylic acids is 2. The summed E-state index contributed by atoms with van der Waals surface area (Å²) in [5, 5.41) is 0. The van der Waals surface area contributed by atoms with Crippen molar-refractivity contribution in [3.8, 4) is 0 Å². The average Bonchev–Trinajstić information content (AvgIpc) is 2.78. The van der Waals surface area contributed by atoms with Gasteiger partial charge in [0.1, 0.15) is 17.2 Å². The van der Waals surface area contributed by atoms with Gasteiger partial charge in [0.2, 0.25) is 5.95 Å². The number of aromatic nitrogens is 2. The third kappa shape index (κ3) is 5.01. The summed E-state index contributed by atoms with van der Waals surface area (Å²) >= 11 is 0. The maximum atomic E-state index is 14.8. The molecule has 1 saturated carbocycles. The zero-order chi connectivity index (χ0) is 25.5. The number of benzene rings is 1. The Morgan fingerprint density at radius 2 is 1.91 bits per heavy atom. The standard InChI is InChI=1S/C25H33FN6O3/c1-15-7-6-8-19(26)20(15)31-14-16-13-28-22(27)29-21(16)32(23(31)33)18-11-9-17(10-12-18)30(5)24(34)35-25(2,3)4/h6-8,13,17-18H,9-12,14H2,1-5H3,(H2,27,28,29). The van der Waals surface area contributed by atoms with Gasteiger partial charge in [-0.3, -0.25) is 9.80 Å². The smallest absolute Gasteiger partial charge is 0.410 e. The van der Waals surface area contributed by atoms with Crippen LogP contribution in [0.25, 0.3) is 0 Å². The fourth-order valence-corrected chi connectivity index (χ4v) is 4.85. The maximum Gasteiger partial charge on any atom is 0.410 e. The first-order chi connectivity index (χ1) is 16.5. The van der Waals surface area contributed by atoms with Crippen molar-refractivity contribution in [2.45, 2.75) is 77.6 Å². The molecule has 1 aromatic carbocycles. The number of ether oxygens (including phenoxy) is 1. The van der Waals surface area contributed by atoms with Gasteiger partial charge < -0.3 is 15.4 Å². The number of para-hydroxylation sites is 1. The second kappa shape index (κ2) is 9.31. The summed E-state index contributed by atoms with van der Waals surface area (Å²) in [4.78, 5) is 39.5. The van der Waals surface area contributed by atoms with Crippen LogP contribution < -0.4 is 15.5 Å². The highest BCUT2D eigenvalue weighted by Crippen LogP contribution is 2.38. The van der Waals surface area contributed by atoms with Crippen LogP contribution >= 0.6 is 0 Å². The number of urea groups is 1. The summed E-state index contributed by atoms with van der Waals surface area (Å²) in [6, 6.07) is 4.25. The Morgan fingerprint density at radius 1 is 1.23 bits per heavy atom. The van der Waals surface area contributed by atoms with E-state index in [4.69, 9.17) is 10.5 Å². The van der Waals surface area contributed by atoms with E-state index in [2.05, 4.69) is 9.97 Å². The molecule has 9 nitrogen and oxygen atoms in total. The first-order valence-corrected chi connectivity index (χ1v) is 11.9. The third-order valence-corrected chi connectivity index (χ3v) is 6.57. The van der Waals surface area contributed by atoms with Crippen LogP contribution in [0.2, 0.25) is 0 Å². The molecule has 2 N–H and O–H groups in total. The molecule has 1 aromatic heterocycles. The minimum Gasteiger partial charge on any atom is -0.444 e. The van der Waals surface area contributed by atoms with Crippen LogP contribution in [0.3, 0.4) is 0 Å². The minimum absolute atomic E-state index is 0.000784. The van der Waals surface area contributed by atoms with Gasteiger partial charge in [-0.05, 0) is 65.0 Å². The first kappa shape index (κ1) is 24.7. The monoisotopic (exact) mass is 484 g/mol. The molecule has 2 heterocycles. The lowest BCUT2D eigenvalue weighted by atomic mass is 9.89. The molecule has 0 spiro atoms. The van der Waals surface area contributed by atoms with E-state index in [-0.39, 0.29) is 42.4 Å². The number of hydrogen-bond donors (Lipinski definition) is 1. The fourth-order valence-electron chi connectivity index (χ4n) is 4.85. The Bertz CT molecular complexity index is 1110. The zero-order valence-electron chi connectivity index (χ0n) is 20.9. The van der Waals surface area contributed by atoms with E-state index in [1.54, 1.807) is 42.1 Å². The number of amides is 3. The van der Waals surface area contributed by atoms with Crippen LogP contribution in [0.15, 0.2) is 24.4 Å². The van der Waals surface area contributed by atoms with Crippen LogP contribution in [0.4, 0.5) is 31.4 Å². The molecular weight excluding hydrogens is 451 g/mol. The van der Waals surface area contributed by atoms with Gasteiger partial charge in [0.05, 0.1) is 12.2 Å². The van der Waals surface area contributed by atoms with Crippen molar-refractivity contribution < 1.29 is 18.7 Å². The number of rotatable bonds is 3. The van der Waals surface area contributed by atoms with E-state index in [1.807, 2.05) is 20.8 Å². The Hall–Kier alpha value is -3.43. The van der Waals surface area contributed by atoms with Crippen LogP contribution in [0, 0.1) is 12.7 Å². The predicted octanol–water partition coefficient (Wildman–Crippen LogP) is 4.63. The van der Waals surface area contributed by atoms with Gasteiger partial charge in [-0.25, -0.2) is 19.0 Å². The molecule has 0 radical (unpaired) electrons. The molecule has 0 bridgehead atoms. The lowest BCUT2D eigenvalue weighted by Crippen LogP contribution is -2.55. The third-order valence-electron chi connectivity index (χ3n) is 6.57. The molecule has 2 aliphatic rings. The molecule has 1 fully saturated rings. The maximum absolute atomic E-state index is 14.8. The molecule has 10 heteroatoms. The number of nitrogen functional groups attached to an aromatic ring is 1. The Kier molecular flexibility index (Phi) is 6.57. The minimum atomic E-state index is -0.569. The van der Waals surface area contributed by atoms with E-state index in [1.165, 1.54) is 11.0 Å². The topological polar surface area (TPSA) is 105 Å². The molecule has 4 rings (SSSR count). The number of anilines is 3. The molecule has 1 aliphatic carbocycles. The number of hydrogen-bond acceptors (Lipinski definition) is 6. The normalized spacial score (nSPS) is 20.5. The van der Waals surface area contributed by atoms with Gasteiger partial charge in [-0.2, -0.15) is 4.98 Å². The predicted molar refractivity (Wildman–Crippen MR) is 132 cm³/mol. The summed E-state index contributed by atoms with van der Waals surface area (Å²) < 4.78 is 20.3. The van der Waals surface area contributed by atoms with Gasteiger partial charge in [0.25, 0.3) is 0 Å². The van der Waals surface area contributed by atoms with Crippen LogP contribution in [-0.4, -0.2) is 51.7 Å². The largest absolute Gasteiger partial charge is 0.444 e. The molecule has 0 atom stereocenters. The summed E-state index contributed by atoms with van der Waals surface area (Å²) in [7, 11) is 1.75. The van der Waals surface area contributed by atoms with Crippen LogP contribution in [0.5, 0.6) is 0 Å². The van der Waals surface area contributed by atoms with Crippen molar-refractivity contribution in [2.75, 3.05) is 22.6 Å². The number of nitrogens with two attached hydrogens (primary N) is 1. The molecule has 1 aliphatic heterocycles. The van der Waals surface area contributed by atoms with E-state index in [0.29, 0.717) is 42.6 Å². The second-order valence-corrected chi connectivity index (χ2v) is 10.3. The van der Waals surface area contributed by atoms with Gasteiger partial charge in [0, 0.05) is 30.9 Å². The quantitative estimate of drug-likeness (QED) is 0.681. The van der Waals surface area contributed by atoms with Crippen LogP contribution in [0.1, 0.15) is 57.6 Å².